The fraction of sp³-hybridized carbons (Fsp3) is 0.478. The maximum atomic E-state index is 14.5. The molecule has 0 radical (unpaired) electrons. The zero-order valence-corrected chi connectivity index (χ0v) is 20.3. The molecule has 0 bridgehead atoms. The molecule has 0 saturated carbocycles. The number of nitrogens with zero attached hydrogens (tertiary/aromatic N) is 1. The van der Waals surface area contributed by atoms with E-state index in [9.17, 15) is 22.4 Å². The van der Waals surface area contributed by atoms with Gasteiger partial charge >= 0.3 is 6.18 Å². The first-order valence-corrected chi connectivity index (χ1v) is 12.9. The van der Waals surface area contributed by atoms with E-state index in [2.05, 4.69) is 17.2 Å². The van der Waals surface area contributed by atoms with Crippen molar-refractivity contribution in [2.75, 3.05) is 11.9 Å². The molecule has 0 spiro atoms. The van der Waals surface area contributed by atoms with Gasteiger partial charge in [-0.05, 0) is 30.0 Å². The van der Waals surface area contributed by atoms with Gasteiger partial charge in [-0.2, -0.15) is 17.6 Å². The zero-order chi connectivity index (χ0) is 24.7. The lowest BCUT2D eigenvalue weighted by molar-refractivity contribution is -0.138. The molecule has 0 fully saturated rings. The standard InChI is InChI=1S/C23H27F4N3O2S2/c1-2-3-4-5-6-7-11-32-17-9-8-14(13-16(17)23(25,26)27)29-22-30-18(20(24)34-22)15-10-12-33-19(15)21(28)31/h8-10,12-13,15,19H,2-7,11H2,1H3,(H2,28,31)(H,29,30). The van der Waals surface area contributed by atoms with Gasteiger partial charge in [-0.3, -0.25) is 4.79 Å². The van der Waals surface area contributed by atoms with Crippen molar-refractivity contribution < 1.29 is 27.1 Å². The highest BCUT2D eigenvalue weighted by Gasteiger charge is 2.36. The van der Waals surface area contributed by atoms with Crippen LogP contribution < -0.4 is 15.8 Å². The molecule has 0 saturated heterocycles. The van der Waals surface area contributed by atoms with Crippen LogP contribution in [0.3, 0.4) is 0 Å². The largest absolute Gasteiger partial charge is 0.493 e. The van der Waals surface area contributed by atoms with Gasteiger partial charge in [0.1, 0.15) is 5.75 Å². The summed E-state index contributed by atoms with van der Waals surface area (Å²) >= 11 is 1.83. The summed E-state index contributed by atoms with van der Waals surface area (Å²) in [6.07, 6.45) is 3.04. The van der Waals surface area contributed by atoms with E-state index in [0.717, 1.165) is 38.2 Å². The molecule has 1 aromatic heterocycles. The summed E-state index contributed by atoms with van der Waals surface area (Å²) in [6, 6.07) is 3.61. The Kier molecular flexibility index (Phi) is 9.24. The number of thioether (sulfide) groups is 1. The second kappa shape index (κ2) is 11.9. The molecule has 1 aromatic carbocycles. The molecule has 34 heavy (non-hydrogen) atoms. The number of halogens is 4. The van der Waals surface area contributed by atoms with E-state index >= 15 is 0 Å². The van der Waals surface area contributed by atoms with Crippen molar-refractivity contribution in [3.8, 4) is 5.75 Å². The maximum Gasteiger partial charge on any atom is 0.420 e. The highest BCUT2D eigenvalue weighted by molar-refractivity contribution is 8.03. The van der Waals surface area contributed by atoms with Crippen LogP contribution in [0.5, 0.6) is 5.75 Å². The normalized spacial score (nSPS) is 17.8. The number of ether oxygens (including phenoxy) is 1. The Morgan fingerprint density at radius 1 is 1.21 bits per heavy atom. The summed E-state index contributed by atoms with van der Waals surface area (Å²) in [5.41, 5.74) is 4.59. The molecule has 1 aliphatic heterocycles. The van der Waals surface area contributed by atoms with Gasteiger partial charge in [0.2, 0.25) is 11.0 Å². The van der Waals surface area contributed by atoms with Crippen LogP contribution >= 0.6 is 23.1 Å². The minimum atomic E-state index is -4.62. The maximum absolute atomic E-state index is 14.5. The molecule has 2 aromatic rings. The van der Waals surface area contributed by atoms with Crippen molar-refractivity contribution in [1.82, 2.24) is 4.98 Å². The lowest BCUT2D eigenvalue weighted by Crippen LogP contribution is -2.29. The molecule has 2 atom stereocenters. The Bertz CT molecular complexity index is 1010. The summed E-state index contributed by atoms with van der Waals surface area (Å²) in [5, 5.41) is 3.17. The number of thiazole rings is 1. The molecule has 3 N–H and O–H groups in total. The van der Waals surface area contributed by atoms with Crippen LogP contribution in [0.1, 0.15) is 62.6 Å². The fourth-order valence-corrected chi connectivity index (χ4v) is 5.32. The Morgan fingerprint density at radius 3 is 2.65 bits per heavy atom. The third-order valence-electron chi connectivity index (χ3n) is 5.33. The Hall–Kier alpha value is -2.27. The number of hydrogen-bond acceptors (Lipinski definition) is 6. The number of allylic oxidation sites excluding steroid dienone is 1. The van der Waals surface area contributed by atoms with Gasteiger partial charge in [0, 0.05) is 11.6 Å². The predicted molar refractivity (Wildman–Crippen MR) is 128 cm³/mol. The second-order valence-electron chi connectivity index (χ2n) is 7.94. The molecule has 2 unspecified atom stereocenters. The highest BCUT2D eigenvalue weighted by atomic mass is 32.2. The van der Waals surface area contributed by atoms with Gasteiger partial charge < -0.3 is 15.8 Å². The first-order chi connectivity index (χ1) is 16.2. The number of carbonyl (C=O) groups excluding carboxylic acids is 1. The number of unbranched alkanes of at least 4 members (excludes halogenated alkanes) is 5. The van der Waals surface area contributed by atoms with Gasteiger partial charge in [0.15, 0.2) is 5.13 Å². The van der Waals surface area contributed by atoms with Crippen LogP contribution in [0.25, 0.3) is 0 Å². The summed E-state index contributed by atoms with van der Waals surface area (Å²) in [6.45, 7) is 2.33. The number of aromatic nitrogens is 1. The summed E-state index contributed by atoms with van der Waals surface area (Å²) < 4.78 is 60.9. The summed E-state index contributed by atoms with van der Waals surface area (Å²) in [5.74, 6) is -1.46. The quantitative estimate of drug-likeness (QED) is 0.235. The first-order valence-electron chi connectivity index (χ1n) is 11.1. The first kappa shape index (κ1) is 26.3. The van der Waals surface area contributed by atoms with E-state index in [-0.39, 0.29) is 28.9 Å². The molecule has 1 amide bonds. The van der Waals surface area contributed by atoms with Crippen LogP contribution in [0.2, 0.25) is 0 Å². The number of carbonyl (C=O) groups is 1. The highest BCUT2D eigenvalue weighted by Crippen LogP contribution is 2.41. The van der Waals surface area contributed by atoms with E-state index in [0.29, 0.717) is 17.8 Å². The van der Waals surface area contributed by atoms with Crippen LogP contribution in [-0.4, -0.2) is 22.7 Å². The van der Waals surface area contributed by atoms with Crippen molar-refractivity contribution in [1.29, 1.82) is 0 Å². The van der Waals surface area contributed by atoms with E-state index in [1.54, 1.807) is 11.5 Å². The lowest BCUT2D eigenvalue weighted by atomic mass is 10.0. The van der Waals surface area contributed by atoms with Gasteiger partial charge in [-0.25, -0.2) is 4.98 Å². The smallest absolute Gasteiger partial charge is 0.420 e. The minimum absolute atomic E-state index is 0.0347. The van der Waals surface area contributed by atoms with Crippen LogP contribution in [0.15, 0.2) is 29.7 Å². The van der Waals surface area contributed by atoms with E-state index in [1.807, 2.05) is 0 Å². The van der Waals surface area contributed by atoms with Crippen molar-refractivity contribution in [3.05, 3.63) is 46.1 Å². The summed E-state index contributed by atoms with van der Waals surface area (Å²) in [7, 11) is 0. The number of amides is 1. The molecule has 186 valence electrons. The Morgan fingerprint density at radius 2 is 1.94 bits per heavy atom. The number of hydrogen-bond donors (Lipinski definition) is 2. The van der Waals surface area contributed by atoms with E-state index < -0.39 is 33.9 Å². The number of primary amides is 1. The SMILES string of the molecule is CCCCCCCCOc1ccc(Nc2nc(C3C=CSC3C(N)=O)c(F)s2)cc1C(F)(F)F. The van der Waals surface area contributed by atoms with Crippen LogP contribution in [0.4, 0.5) is 28.4 Å². The van der Waals surface area contributed by atoms with E-state index in [1.165, 1.54) is 23.9 Å². The Balaban J connectivity index is 1.68. The van der Waals surface area contributed by atoms with Crippen molar-refractivity contribution in [3.63, 3.8) is 0 Å². The number of nitrogens with two attached hydrogens (primary N) is 1. The molecule has 11 heteroatoms. The molecule has 2 heterocycles. The predicted octanol–water partition coefficient (Wildman–Crippen LogP) is 6.98. The zero-order valence-electron chi connectivity index (χ0n) is 18.7. The average molecular weight is 518 g/mol. The fourth-order valence-electron chi connectivity index (χ4n) is 3.59. The van der Waals surface area contributed by atoms with Gasteiger partial charge in [0.25, 0.3) is 0 Å². The number of benzene rings is 1. The van der Waals surface area contributed by atoms with Crippen molar-refractivity contribution >= 4 is 39.8 Å². The Labute approximate surface area is 204 Å². The minimum Gasteiger partial charge on any atom is -0.493 e. The molecule has 0 aliphatic carbocycles. The molecular weight excluding hydrogens is 490 g/mol. The van der Waals surface area contributed by atoms with E-state index in [4.69, 9.17) is 10.5 Å². The number of nitrogens with one attached hydrogen (secondary N) is 1. The van der Waals surface area contributed by atoms with Gasteiger partial charge in [0.05, 0.1) is 23.1 Å². The topological polar surface area (TPSA) is 77.2 Å². The molecule has 1 aliphatic rings. The monoisotopic (exact) mass is 517 g/mol. The number of alkyl halides is 3. The number of rotatable bonds is 12. The molecule has 5 nitrogen and oxygen atoms in total. The van der Waals surface area contributed by atoms with Crippen LogP contribution in [-0.2, 0) is 11.0 Å². The molecule has 3 rings (SSSR count). The average Bonchev–Trinajstić information content (AvgIpc) is 3.39. The van der Waals surface area contributed by atoms with Crippen molar-refractivity contribution in [2.24, 2.45) is 5.73 Å². The third-order valence-corrected chi connectivity index (χ3v) is 7.24. The van der Waals surface area contributed by atoms with Gasteiger partial charge in [-0.1, -0.05) is 56.4 Å². The number of anilines is 2. The lowest BCUT2D eigenvalue weighted by Gasteiger charge is -2.16. The van der Waals surface area contributed by atoms with Gasteiger partial charge in [-0.15, -0.1) is 11.8 Å². The van der Waals surface area contributed by atoms with Crippen LogP contribution in [0, 0.1) is 5.13 Å². The molecular formula is C23H27F4N3O2S2. The van der Waals surface area contributed by atoms with Crippen molar-refractivity contribution in [2.45, 2.75) is 62.8 Å². The second-order valence-corrected chi connectivity index (χ2v) is 9.94. The third kappa shape index (κ3) is 6.88. The summed E-state index contributed by atoms with van der Waals surface area (Å²) in [4.78, 5) is 15.8.